The van der Waals surface area contributed by atoms with Crippen LogP contribution in [0.3, 0.4) is 0 Å². The van der Waals surface area contributed by atoms with Gasteiger partial charge in [-0.15, -0.1) is 0 Å². The molecule has 0 bridgehead atoms. The van der Waals surface area contributed by atoms with Crippen LogP contribution in [0.5, 0.6) is 0 Å². The van der Waals surface area contributed by atoms with Gasteiger partial charge in [0.2, 0.25) is 0 Å². The zero-order valence-corrected chi connectivity index (χ0v) is 8.65. The Labute approximate surface area is 90.7 Å². The number of rotatable bonds is 1. The molecule has 15 heavy (non-hydrogen) atoms. The molecule has 0 radical (unpaired) electrons. The number of aromatic nitrogens is 1. The van der Waals surface area contributed by atoms with Crippen molar-refractivity contribution < 1.29 is 4.92 Å². The van der Waals surface area contributed by atoms with Crippen molar-refractivity contribution in [2.75, 3.05) is 0 Å². The molecule has 1 aromatic carbocycles. The number of nitro groups is 1. The molecule has 0 saturated heterocycles. The minimum Gasteiger partial charge on any atom is -0.258 e. The molecule has 4 nitrogen and oxygen atoms in total. The molecule has 0 fully saturated rings. The molecule has 76 valence electrons. The Morgan fingerprint density at radius 3 is 2.80 bits per heavy atom. The van der Waals surface area contributed by atoms with E-state index in [9.17, 15) is 10.1 Å². The quantitative estimate of drug-likeness (QED) is 0.550. The lowest BCUT2D eigenvalue weighted by molar-refractivity contribution is -0.385. The van der Waals surface area contributed by atoms with Gasteiger partial charge < -0.3 is 0 Å². The molecule has 2 rings (SSSR count). The predicted octanol–water partition coefficient (Wildman–Crippen LogP) is 3.10. The van der Waals surface area contributed by atoms with Crippen LogP contribution in [0.4, 0.5) is 5.69 Å². The molecule has 0 atom stereocenters. The van der Waals surface area contributed by atoms with Crippen molar-refractivity contribution in [2.24, 2.45) is 0 Å². The van der Waals surface area contributed by atoms with Crippen molar-refractivity contribution in [1.82, 2.24) is 4.98 Å². The number of hydrogen-bond acceptors (Lipinski definition) is 3. The van der Waals surface area contributed by atoms with E-state index in [0.717, 1.165) is 0 Å². The van der Waals surface area contributed by atoms with Crippen LogP contribution >= 0.6 is 11.6 Å². The summed E-state index contributed by atoms with van der Waals surface area (Å²) in [5.41, 5.74) is 1.14. The average molecular weight is 223 g/mol. The van der Waals surface area contributed by atoms with Gasteiger partial charge in [0.1, 0.15) is 5.69 Å². The summed E-state index contributed by atoms with van der Waals surface area (Å²) >= 11 is 5.79. The van der Waals surface area contributed by atoms with Gasteiger partial charge in [-0.2, -0.15) is 0 Å². The first-order chi connectivity index (χ1) is 7.08. The largest absolute Gasteiger partial charge is 0.291 e. The summed E-state index contributed by atoms with van der Waals surface area (Å²) < 4.78 is 0. The van der Waals surface area contributed by atoms with Crippen LogP contribution in [-0.4, -0.2) is 9.91 Å². The Balaban J connectivity index is 2.77. The molecule has 0 N–H and O–H groups in total. The van der Waals surface area contributed by atoms with E-state index in [1.807, 2.05) is 0 Å². The number of nitrogens with zero attached hydrogens (tertiary/aromatic N) is 2. The van der Waals surface area contributed by atoms with Crippen molar-refractivity contribution in [3.05, 3.63) is 45.1 Å². The SMILES string of the molecule is Cc1nc2ccc(Cl)cc2cc1[N+](=O)[O-]. The van der Waals surface area contributed by atoms with Crippen LogP contribution in [0.2, 0.25) is 5.02 Å². The molecule has 0 aliphatic carbocycles. The second-order valence-electron chi connectivity index (χ2n) is 3.19. The van der Waals surface area contributed by atoms with Crippen molar-refractivity contribution >= 4 is 28.2 Å². The first kappa shape index (κ1) is 9.86. The summed E-state index contributed by atoms with van der Waals surface area (Å²) in [4.78, 5) is 14.4. The average Bonchev–Trinajstić information content (AvgIpc) is 2.17. The minimum absolute atomic E-state index is 0.0183. The van der Waals surface area contributed by atoms with Crippen LogP contribution in [0.15, 0.2) is 24.3 Å². The minimum atomic E-state index is -0.442. The summed E-state index contributed by atoms with van der Waals surface area (Å²) in [5.74, 6) is 0. The van der Waals surface area contributed by atoms with E-state index in [2.05, 4.69) is 4.98 Å². The van der Waals surface area contributed by atoms with Crippen LogP contribution < -0.4 is 0 Å². The van der Waals surface area contributed by atoms with Gasteiger partial charge in [0.05, 0.1) is 10.4 Å². The van der Waals surface area contributed by atoms with Crippen molar-refractivity contribution in [2.45, 2.75) is 6.92 Å². The van der Waals surface area contributed by atoms with Gasteiger partial charge in [0, 0.05) is 16.5 Å². The number of aryl methyl sites for hydroxylation is 1. The fourth-order valence-corrected chi connectivity index (χ4v) is 1.60. The fourth-order valence-electron chi connectivity index (χ4n) is 1.42. The fraction of sp³-hybridized carbons (Fsp3) is 0.100. The number of fused-ring (bicyclic) bond motifs is 1. The summed E-state index contributed by atoms with van der Waals surface area (Å²) in [5, 5.41) is 11.9. The summed E-state index contributed by atoms with van der Waals surface area (Å²) in [6, 6.07) is 6.61. The zero-order valence-electron chi connectivity index (χ0n) is 7.90. The molecule has 0 saturated carbocycles. The third-order valence-corrected chi connectivity index (χ3v) is 2.37. The molecule has 1 heterocycles. The summed E-state index contributed by atoms with van der Waals surface area (Å²) in [6.07, 6.45) is 0. The van der Waals surface area contributed by atoms with E-state index in [1.54, 1.807) is 25.1 Å². The maximum absolute atomic E-state index is 10.7. The van der Waals surface area contributed by atoms with Crippen molar-refractivity contribution in [3.8, 4) is 0 Å². The lowest BCUT2D eigenvalue weighted by atomic mass is 10.2. The van der Waals surface area contributed by atoms with E-state index < -0.39 is 4.92 Å². The molecule has 0 unspecified atom stereocenters. The molecule has 0 aliphatic heterocycles. The molecular weight excluding hydrogens is 216 g/mol. The topological polar surface area (TPSA) is 56.0 Å². The molecular formula is C10H7ClN2O2. The number of benzene rings is 1. The summed E-state index contributed by atoms with van der Waals surface area (Å²) in [7, 11) is 0. The van der Waals surface area contributed by atoms with Gasteiger partial charge in [-0.3, -0.25) is 10.1 Å². The maximum atomic E-state index is 10.7. The van der Waals surface area contributed by atoms with E-state index in [-0.39, 0.29) is 5.69 Å². The van der Waals surface area contributed by atoms with Crippen LogP contribution in [0.1, 0.15) is 5.69 Å². The molecule has 0 spiro atoms. The zero-order chi connectivity index (χ0) is 11.0. The first-order valence-electron chi connectivity index (χ1n) is 4.29. The van der Waals surface area contributed by atoms with Crippen molar-refractivity contribution in [1.29, 1.82) is 0 Å². The lowest BCUT2D eigenvalue weighted by Gasteiger charge is -2.00. The second kappa shape index (κ2) is 3.47. The monoisotopic (exact) mass is 222 g/mol. The van der Waals surface area contributed by atoms with Gasteiger partial charge in [0.25, 0.3) is 5.69 Å². The standard InChI is InChI=1S/C10H7ClN2O2/c1-6-10(13(14)15)5-7-4-8(11)2-3-9(7)12-6/h2-5H,1H3. The van der Waals surface area contributed by atoms with E-state index >= 15 is 0 Å². The van der Waals surface area contributed by atoms with Crippen LogP contribution in [-0.2, 0) is 0 Å². The number of hydrogen-bond donors (Lipinski definition) is 0. The molecule has 5 heteroatoms. The molecule has 2 aromatic rings. The molecule has 0 aliphatic rings. The molecule has 1 aromatic heterocycles. The highest BCUT2D eigenvalue weighted by Crippen LogP contribution is 2.24. The molecule has 0 amide bonds. The smallest absolute Gasteiger partial charge is 0.258 e. The third-order valence-electron chi connectivity index (χ3n) is 2.14. The Kier molecular flexibility index (Phi) is 2.28. The van der Waals surface area contributed by atoms with Crippen LogP contribution in [0, 0.1) is 17.0 Å². The summed E-state index contributed by atoms with van der Waals surface area (Å²) in [6.45, 7) is 1.62. The Morgan fingerprint density at radius 2 is 2.13 bits per heavy atom. The predicted molar refractivity (Wildman–Crippen MR) is 58.1 cm³/mol. The Morgan fingerprint density at radius 1 is 1.40 bits per heavy atom. The van der Waals surface area contributed by atoms with E-state index in [1.165, 1.54) is 6.07 Å². The third kappa shape index (κ3) is 1.76. The maximum Gasteiger partial charge on any atom is 0.291 e. The van der Waals surface area contributed by atoms with Gasteiger partial charge in [-0.25, -0.2) is 4.98 Å². The lowest BCUT2D eigenvalue weighted by Crippen LogP contribution is -1.94. The highest BCUT2D eigenvalue weighted by atomic mass is 35.5. The Hall–Kier alpha value is -1.68. The van der Waals surface area contributed by atoms with Gasteiger partial charge in [0.15, 0.2) is 0 Å². The number of pyridine rings is 1. The Bertz CT molecular complexity index is 554. The van der Waals surface area contributed by atoms with Crippen molar-refractivity contribution in [3.63, 3.8) is 0 Å². The second-order valence-corrected chi connectivity index (χ2v) is 3.62. The van der Waals surface area contributed by atoms with Gasteiger partial charge in [-0.1, -0.05) is 11.6 Å². The highest BCUT2D eigenvalue weighted by Gasteiger charge is 2.12. The van der Waals surface area contributed by atoms with Gasteiger partial charge in [-0.05, 0) is 25.1 Å². The highest BCUT2D eigenvalue weighted by molar-refractivity contribution is 6.31. The van der Waals surface area contributed by atoms with E-state index in [0.29, 0.717) is 21.6 Å². The van der Waals surface area contributed by atoms with Crippen LogP contribution in [0.25, 0.3) is 10.9 Å². The first-order valence-corrected chi connectivity index (χ1v) is 4.67. The number of halogens is 1. The van der Waals surface area contributed by atoms with E-state index in [4.69, 9.17) is 11.6 Å². The normalized spacial score (nSPS) is 10.5. The van der Waals surface area contributed by atoms with Gasteiger partial charge >= 0.3 is 0 Å².